The quantitative estimate of drug-likeness (QED) is 0.663. The SMILES string of the molecule is CNC(=O)c1cnc(NC(=O)C2CC2)cc1Nc1ccc2c(c1OC)=C1CCCC1N=2. The summed E-state index contributed by atoms with van der Waals surface area (Å²) in [5.41, 5.74) is 2.99. The van der Waals surface area contributed by atoms with Gasteiger partial charge in [0.05, 0.1) is 35.4 Å². The van der Waals surface area contributed by atoms with Crippen LogP contribution in [-0.4, -0.2) is 37.0 Å². The molecule has 0 saturated heterocycles. The summed E-state index contributed by atoms with van der Waals surface area (Å²) in [5.74, 6) is 0.895. The number of carbonyl (C=O) groups is 2. The van der Waals surface area contributed by atoms with Gasteiger partial charge >= 0.3 is 0 Å². The van der Waals surface area contributed by atoms with E-state index >= 15 is 0 Å². The summed E-state index contributed by atoms with van der Waals surface area (Å²) in [5, 5.41) is 10.8. The van der Waals surface area contributed by atoms with Crippen LogP contribution in [0.4, 0.5) is 17.2 Å². The molecule has 160 valence electrons. The lowest BCUT2D eigenvalue weighted by Gasteiger charge is -2.16. The predicted octanol–water partition coefficient (Wildman–Crippen LogP) is 1.88. The fourth-order valence-corrected chi connectivity index (χ4v) is 4.39. The molecule has 8 heteroatoms. The van der Waals surface area contributed by atoms with Crippen LogP contribution in [0, 0.1) is 5.92 Å². The van der Waals surface area contributed by atoms with Gasteiger partial charge in [-0.2, -0.15) is 0 Å². The number of nitrogens with one attached hydrogen (secondary N) is 3. The Bertz CT molecular complexity index is 1200. The number of aromatic nitrogens is 1. The maximum Gasteiger partial charge on any atom is 0.254 e. The highest BCUT2D eigenvalue weighted by Crippen LogP contribution is 2.34. The molecule has 2 saturated carbocycles. The summed E-state index contributed by atoms with van der Waals surface area (Å²) in [6.07, 6.45) is 6.52. The second kappa shape index (κ2) is 7.68. The highest BCUT2D eigenvalue weighted by atomic mass is 16.5. The van der Waals surface area contributed by atoms with Gasteiger partial charge in [0.2, 0.25) is 5.91 Å². The summed E-state index contributed by atoms with van der Waals surface area (Å²) in [4.78, 5) is 33.7. The number of amides is 2. The van der Waals surface area contributed by atoms with Gasteiger partial charge in [0.25, 0.3) is 5.91 Å². The minimum Gasteiger partial charge on any atom is -0.494 e. The van der Waals surface area contributed by atoms with Gasteiger partial charge in [0.1, 0.15) is 5.82 Å². The Morgan fingerprint density at radius 1 is 1.16 bits per heavy atom. The molecule has 1 aliphatic heterocycles. The Balaban J connectivity index is 1.55. The third-order valence-corrected chi connectivity index (χ3v) is 6.13. The van der Waals surface area contributed by atoms with Gasteiger partial charge in [0, 0.05) is 30.4 Å². The molecule has 0 radical (unpaired) electrons. The van der Waals surface area contributed by atoms with Gasteiger partial charge in [-0.15, -0.1) is 0 Å². The predicted molar refractivity (Wildman–Crippen MR) is 117 cm³/mol. The number of carbonyl (C=O) groups excluding carboxylic acids is 2. The van der Waals surface area contributed by atoms with Gasteiger partial charge in [0.15, 0.2) is 5.75 Å². The van der Waals surface area contributed by atoms with E-state index in [9.17, 15) is 9.59 Å². The molecule has 0 bridgehead atoms. The Labute approximate surface area is 179 Å². The number of hydrogen-bond donors (Lipinski definition) is 3. The van der Waals surface area contributed by atoms with Crippen molar-refractivity contribution in [3.05, 3.63) is 40.5 Å². The minimum absolute atomic E-state index is 0.0356. The van der Waals surface area contributed by atoms with Crippen LogP contribution in [0.1, 0.15) is 42.5 Å². The van der Waals surface area contributed by atoms with E-state index < -0.39 is 0 Å². The van der Waals surface area contributed by atoms with Gasteiger partial charge in [-0.25, -0.2) is 4.98 Å². The van der Waals surface area contributed by atoms with Crippen molar-refractivity contribution >= 4 is 34.6 Å². The summed E-state index contributed by atoms with van der Waals surface area (Å²) in [6, 6.07) is 5.85. The molecule has 31 heavy (non-hydrogen) atoms. The molecule has 3 N–H and O–H groups in total. The first-order valence-corrected chi connectivity index (χ1v) is 10.7. The zero-order valence-corrected chi connectivity index (χ0v) is 17.6. The average molecular weight is 419 g/mol. The molecular formula is C23H25N5O3. The monoisotopic (exact) mass is 419 g/mol. The highest BCUT2D eigenvalue weighted by Gasteiger charge is 2.30. The van der Waals surface area contributed by atoms with E-state index in [1.165, 1.54) is 11.8 Å². The smallest absolute Gasteiger partial charge is 0.254 e. The number of anilines is 3. The zero-order chi connectivity index (χ0) is 21.5. The van der Waals surface area contributed by atoms with Crippen molar-refractivity contribution in [2.45, 2.75) is 38.1 Å². The Morgan fingerprint density at radius 3 is 2.74 bits per heavy atom. The Hall–Kier alpha value is -3.42. The molecule has 0 spiro atoms. The van der Waals surface area contributed by atoms with Crippen molar-refractivity contribution in [3.8, 4) is 5.75 Å². The van der Waals surface area contributed by atoms with E-state index in [1.54, 1.807) is 20.2 Å². The normalized spacial score (nSPS) is 18.6. The van der Waals surface area contributed by atoms with E-state index in [1.807, 2.05) is 12.1 Å². The topological polar surface area (TPSA) is 105 Å². The van der Waals surface area contributed by atoms with Crippen LogP contribution in [0.2, 0.25) is 0 Å². The molecule has 8 nitrogen and oxygen atoms in total. The minimum atomic E-state index is -0.268. The van der Waals surface area contributed by atoms with E-state index in [0.717, 1.165) is 54.1 Å². The molecule has 1 aromatic carbocycles. The number of rotatable bonds is 6. The van der Waals surface area contributed by atoms with Gasteiger partial charge in [-0.1, -0.05) is 0 Å². The summed E-state index contributed by atoms with van der Waals surface area (Å²) >= 11 is 0. The molecule has 2 aromatic rings. The molecule has 1 unspecified atom stereocenters. The molecule has 2 heterocycles. The van der Waals surface area contributed by atoms with E-state index in [-0.39, 0.29) is 23.8 Å². The first kappa shape index (κ1) is 19.5. The number of nitrogens with zero attached hydrogens (tertiary/aromatic N) is 2. The van der Waals surface area contributed by atoms with Crippen molar-refractivity contribution in [1.29, 1.82) is 0 Å². The number of fused-ring (bicyclic) bond motifs is 2. The maximum atomic E-state index is 12.4. The van der Waals surface area contributed by atoms with E-state index in [2.05, 4.69) is 20.9 Å². The molecule has 2 amide bonds. The van der Waals surface area contributed by atoms with Gasteiger partial charge in [-0.05, 0) is 49.8 Å². The van der Waals surface area contributed by atoms with E-state index in [4.69, 9.17) is 9.73 Å². The Morgan fingerprint density at radius 2 is 2.00 bits per heavy atom. The first-order valence-electron chi connectivity index (χ1n) is 10.7. The standard InChI is InChI=1S/C23H25N5O3/c1-24-23(30)14-11-25-19(28-22(29)12-6-7-12)10-18(14)27-17-9-8-16-20(21(17)31-2)13-4-3-5-15(13)26-16/h8-12,15H,3-7H2,1-2H3,(H,24,30)(H2,25,27,28,29). The van der Waals surface area contributed by atoms with Crippen molar-refractivity contribution in [2.75, 3.05) is 24.8 Å². The second-order valence-corrected chi connectivity index (χ2v) is 8.19. The van der Waals surface area contributed by atoms with Crippen LogP contribution in [0.25, 0.3) is 5.57 Å². The van der Waals surface area contributed by atoms with Crippen LogP contribution in [0.15, 0.2) is 29.4 Å². The fourth-order valence-electron chi connectivity index (χ4n) is 4.39. The molecule has 1 atom stereocenters. The van der Waals surface area contributed by atoms with Crippen molar-refractivity contribution in [2.24, 2.45) is 10.9 Å². The first-order chi connectivity index (χ1) is 15.1. The number of pyridine rings is 1. The third-order valence-electron chi connectivity index (χ3n) is 6.13. The lowest BCUT2D eigenvalue weighted by Crippen LogP contribution is -2.26. The van der Waals surface area contributed by atoms with Gasteiger partial charge < -0.3 is 20.7 Å². The van der Waals surface area contributed by atoms with E-state index in [0.29, 0.717) is 17.1 Å². The summed E-state index contributed by atoms with van der Waals surface area (Å²) in [7, 11) is 3.22. The lowest BCUT2D eigenvalue weighted by atomic mass is 10.1. The number of methoxy groups -OCH3 is 1. The van der Waals surface area contributed by atoms with Crippen LogP contribution >= 0.6 is 0 Å². The average Bonchev–Trinajstić information content (AvgIpc) is 3.43. The summed E-state index contributed by atoms with van der Waals surface area (Å²) < 4.78 is 5.80. The number of hydrogen-bond acceptors (Lipinski definition) is 6. The van der Waals surface area contributed by atoms with Crippen molar-refractivity contribution in [3.63, 3.8) is 0 Å². The zero-order valence-electron chi connectivity index (χ0n) is 17.6. The fraction of sp³-hybridized carbons (Fsp3) is 0.391. The van der Waals surface area contributed by atoms with Crippen LogP contribution in [-0.2, 0) is 4.79 Å². The highest BCUT2D eigenvalue weighted by molar-refractivity contribution is 6.01. The lowest BCUT2D eigenvalue weighted by molar-refractivity contribution is -0.117. The van der Waals surface area contributed by atoms with Crippen LogP contribution in [0.3, 0.4) is 0 Å². The van der Waals surface area contributed by atoms with Crippen molar-refractivity contribution < 1.29 is 14.3 Å². The molecular weight excluding hydrogens is 394 g/mol. The van der Waals surface area contributed by atoms with Gasteiger partial charge in [-0.3, -0.25) is 14.6 Å². The van der Waals surface area contributed by atoms with Crippen molar-refractivity contribution in [1.82, 2.24) is 10.3 Å². The Kier molecular flexibility index (Phi) is 4.84. The molecule has 2 fully saturated rings. The number of benzene rings is 1. The molecule has 5 rings (SSSR count). The summed E-state index contributed by atoms with van der Waals surface area (Å²) in [6.45, 7) is 0. The maximum absolute atomic E-state index is 12.4. The number of ether oxygens (including phenoxy) is 1. The third kappa shape index (κ3) is 3.52. The van der Waals surface area contributed by atoms with Crippen LogP contribution in [0.5, 0.6) is 5.75 Å². The van der Waals surface area contributed by atoms with Crippen LogP contribution < -0.4 is 31.3 Å². The largest absolute Gasteiger partial charge is 0.494 e. The molecule has 2 aliphatic carbocycles. The molecule has 1 aromatic heterocycles. The second-order valence-electron chi connectivity index (χ2n) is 8.19. The molecule has 3 aliphatic rings.